The van der Waals surface area contributed by atoms with Crippen LogP contribution in [0.25, 0.3) is 11.1 Å². The molecular formula is C22H30. The van der Waals surface area contributed by atoms with Crippen LogP contribution in [-0.4, -0.2) is 0 Å². The van der Waals surface area contributed by atoms with Crippen molar-refractivity contribution in [3.05, 3.63) is 59.7 Å². The van der Waals surface area contributed by atoms with Crippen molar-refractivity contribution < 1.29 is 0 Å². The molecule has 0 aliphatic carbocycles. The van der Waals surface area contributed by atoms with Gasteiger partial charge in [-0.2, -0.15) is 0 Å². The fraction of sp³-hybridized carbons (Fsp3) is 0.455. The Labute approximate surface area is 136 Å². The van der Waals surface area contributed by atoms with Gasteiger partial charge in [0.05, 0.1) is 0 Å². The maximum Gasteiger partial charge on any atom is -0.0184 e. The summed E-state index contributed by atoms with van der Waals surface area (Å²) in [6.07, 6.45) is 2.21. The van der Waals surface area contributed by atoms with E-state index in [0.717, 1.165) is 12.8 Å². The Bertz CT molecular complexity index is 592. The van der Waals surface area contributed by atoms with Gasteiger partial charge in [0.15, 0.2) is 0 Å². The van der Waals surface area contributed by atoms with E-state index >= 15 is 0 Å². The van der Waals surface area contributed by atoms with Gasteiger partial charge in [-0.1, -0.05) is 90.1 Å². The maximum absolute atomic E-state index is 2.37. The van der Waals surface area contributed by atoms with Crippen molar-refractivity contribution in [3.63, 3.8) is 0 Å². The van der Waals surface area contributed by atoms with Crippen LogP contribution in [0.2, 0.25) is 0 Å². The van der Waals surface area contributed by atoms with E-state index in [9.17, 15) is 0 Å². The first kappa shape index (κ1) is 16.8. The van der Waals surface area contributed by atoms with E-state index in [1.54, 1.807) is 0 Å². The molecule has 0 amide bonds. The molecular weight excluding hydrogens is 264 g/mol. The smallest absolute Gasteiger partial charge is 0.0184 e. The molecule has 0 heteroatoms. The molecule has 0 bridgehead atoms. The van der Waals surface area contributed by atoms with E-state index in [4.69, 9.17) is 0 Å². The van der Waals surface area contributed by atoms with E-state index in [1.165, 1.54) is 22.3 Å². The van der Waals surface area contributed by atoms with E-state index in [2.05, 4.69) is 90.1 Å². The lowest BCUT2D eigenvalue weighted by molar-refractivity contribution is 0.132. The van der Waals surface area contributed by atoms with Crippen LogP contribution in [0.15, 0.2) is 48.5 Å². The lowest BCUT2D eigenvalue weighted by Gasteiger charge is -2.39. The van der Waals surface area contributed by atoms with E-state index in [-0.39, 0.29) is 5.41 Å². The average Bonchev–Trinajstić information content (AvgIpc) is 2.47. The molecule has 0 unspecified atom stereocenters. The molecule has 0 saturated heterocycles. The zero-order chi connectivity index (χ0) is 16.4. The van der Waals surface area contributed by atoms with Gasteiger partial charge >= 0.3 is 0 Å². The minimum absolute atomic E-state index is 0.289. The number of hydrogen-bond donors (Lipinski definition) is 0. The van der Waals surface area contributed by atoms with Crippen molar-refractivity contribution in [2.45, 2.75) is 54.4 Å². The van der Waals surface area contributed by atoms with Gasteiger partial charge in [0.2, 0.25) is 0 Å². The van der Waals surface area contributed by atoms with E-state index < -0.39 is 0 Å². The van der Waals surface area contributed by atoms with Crippen LogP contribution < -0.4 is 0 Å². The molecule has 2 aromatic rings. The van der Waals surface area contributed by atoms with Crippen LogP contribution in [0.3, 0.4) is 0 Å². The predicted octanol–water partition coefficient (Wildman–Crippen LogP) is 6.53. The predicted molar refractivity (Wildman–Crippen MR) is 98.2 cm³/mol. The molecule has 0 atom stereocenters. The van der Waals surface area contributed by atoms with Gasteiger partial charge in [-0.15, -0.1) is 0 Å². The van der Waals surface area contributed by atoms with Gasteiger partial charge < -0.3 is 0 Å². The van der Waals surface area contributed by atoms with Crippen molar-refractivity contribution in [1.29, 1.82) is 0 Å². The minimum atomic E-state index is 0.289. The van der Waals surface area contributed by atoms with Crippen molar-refractivity contribution in [2.24, 2.45) is 10.8 Å². The van der Waals surface area contributed by atoms with Crippen LogP contribution in [-0.2, 0) is 12.8 Å². The highest BCUT2D eigenvalue weighted by atomic mass is 14.4. The zero-order valence-electron chi connectivity index (χ0n) is 15.0. The largest absolute Gasteiger partial charge is 0.0613 e. The molecule has 0 spiro atoms. The Balaban J connectivity index is 2.16. The molecule has 0 nitrogen and oxygen atoms in total. The quantitative estimate of drug-likeness (QED) is 0.601. The second kappa shape index (κ2) is 6.28. The number of rotatable bonds is 4. The van der Waals surface area contributed by atoms with E-state index in [0.29, 0.717) is 5.41 Å². The third-order valence-electron chi connectivity index (χ3n) is 5.33. The summed E-state index contributed by atoms with van der Waals surface area (Å²) in [5, 5.41) is 0. The topological polar surface area (TPSA) is 0 Å². The van der Waals surface area contributed by atoms with Crippen molar-refractivity contribution in [3.8, 4) is 11.1 Å². The Morgan fingerprint density at radius 3 is 1.41 bits per heavy atom. The van der Waals surface area contributed by atoms with Gasteiger partial charge in [0, 0.05) is 0 Å². The molecule has 0 N–H and O–H groups in total. The molecule has 0 heterocycles. The summed E-state index contributed by atoms with van der Waals surface area (Å²) in [5.41, 5.74) is 6.03. The summed E-state index contributed by atoms with van der Waals surface area (Å²) in [5.74, 6) is 0. The molecule has 0 fully saturated rings. The maximum atomic E-state index is 2.37. The molecule has 0 aliphatic heterocycles. The van der Waals surface area contributed by atoms with Gasteiger partial charge in [-0.25, -0.2) is 0 Å². The molecule has 2 aromatic carbocycles. The highest BCUT2D eigenvalue weighted by Gasteiger charge is 2.32. The van der Waals surface area contributed by atoms with Gasteiger partial charge in [-0.05, 0) is 45.9 Å². The molecule has 0 aliphatic rings. The molecule has 22 heavy (non-hydrogen) atoms. The molecule has 0 aromatic heterocycles. The number of hydrogen-bond acceptors (Lipinski definition) is 0. The summed E-state index contributed by atoms with van der Waals surface area (Å²) in [7, 11) is 0. The van der Waals surface area contributed by atoms with Crippen LogP contribution in [0.5, 0.6) is 0 Å². The van der Waals surface area contributed by atoms with E-state index in [1.807, 2.05) is 0 Å². The fourth-order valence-electron chi connectivity index (χ4n) is 2.52. The van der Waals surface area contributed by atoms with Crippen LogP contribution in [0.1, 0.15) is 52.7 Å². The summed E-state index contributed by atoms with van der Waals surface area (Å²) in [6, 6.07) is 18.0. The first-order valence-electron chi connectivity index (χ1n) is 8.41. The van der Waals surface area contributed by atoms with Crippen LogP contribution in [0.4, 0.5) is 0 Å². The van der Waals surface area contributed by atoms with Gasteiger partial charge in [0.25, 0.3) is 0 Å². The van der Waals surface area contributed by atoms with Crippen molar-refractivity contribution >= 4 is 0 Å². The summed E-state index contributed by atoms with van der Waals surface area (Å²) in [4.78, 5) is 0. The summed E-state index contributed by atoms with van der Waals surface area (Å²) in [6.45, 7) is 13.9. The van der Waals surface area contributed by atoms with Gasteiger partial charge in [0.1, 0.15) is 0 Å². The normalized spacial score (nSPS) is 12.5. The Kier molecular flexibility index (Phi) is 4.80. The summed E-state index contributed by atoms with van der Waals surface area (Å²) >= 11 is 0. The zero-order valence-corrected chi connectivity index (χ0v) is 15.0. The Morgan fingerprint density at radius 1 is 0.636 bits per heavy atom. The highest BCUT2D eigenvalue weighted by molar-refractivity contribution is 5.64. The Morgan fingerprint density at radius 2 is 1.05 bits per heavy atom. The lowest BCUT2D eigenvalue weighted by Crippen LogP contribution is -2.31. The third-order valence-corrected chi connectivity index (χ3v) is 5.33. The second-order valence-electron chi connectivity index (χ2n) is 8.06. The molecule has 0 radical (unpaired) electrons. The summed E-state index contributed by atoms with van der Waals surface area (Å²) < 4.78 is 0. The SMILES string of the molecule is CCc1ccc(-c2ccc(CC(C)(C)C(C)(C)C)cc2)cc1. The minimum Gasteiger partial charge on any atom is -0.0613 e. The molecule has 0 saturated carbocycles. The second-order valence-corrected chi connectivity index (χ2v) is 8.06. The van der Waals surface area contributed by atoms with Crippen molar-refractivity contribution in [1.82, 2.24) is 0 Å². The van der Waals surface area contributed by atoms with Gasteiger partial charge in [-0.3, -0.25) is 0 Å². The standard InChI is InChI=1S/C22H30/c1-7-17-8-12-19(13-9-17)20-14-10-18(11-15-20)16-22(5,6)21(2,3)4/h8-15H,7,16H2,1-6H3. The molecule has 118 valence electrons. The highest BCUT2D eigenvalue weighted by Crippen LogP contribution is 2.40. The average molecular weight is 294 g/mol. The monoisotopic (exact) mass is 294 g/mol. The number of aryl methyl sites for hydroxylation is 1. The van der Waals surface area contributed by atoms with Crippen LogP contribution in [0, 0.1) is 10.8 Å². The van der Waals surface area contributed by atoms with Crippen molar-refractivity contribution in [2.75, 3.05) is 0 Å². The third kappa shape index (κ3) is 3.80. The Hall–Kier alpha value is -1.56. The molecule has 2 rings (SSSR count). The first-order valence-corrected chi connectivity index (χ1v) is 8.41. The number of benzene rings is 2. The first-order chi connectivity index (χ1) is 10.2. The van der Waals surface area contributed by atoms with Crippen LogP contribution >= 0.6 is 0 Å². The fourth-order valence-corrected chi connectivity index (χ4v) is 2.52. The lowest BCUT2D eigenvalue weighted by atomic mass is 9.66.